The lowest BCUT2D eigenvalue weighted by atomic mass is 10.3. The fourth-order valence-corrected chi connectivity index (χ4v) is 1.23. The van der Waals surface area contributed by atoms with E-state index in [-0.39, 0.29) is 5.82 Å². The molecule has 1 nitrogen and oxygen atoms in total. The van der Waals surface area contributed by atoms with Crippen molar-refractivity contribution in [3.05, 3.63) is 41.2 Å². The summed E-state index contributed by atoms with van der Waals surface area (Å²) >= 11 is 11.0. The molecule has 1 aromatic carbocycles. The van der Waals surface area contributed by atoms with Gasteiger partial charge in [0.05, 0.1) is 5.69 Å². The van der Waals surface area contributed by atoms with E-state index in [1.807, 2.05) is 6.08 Å². The third-order valence-electron chi connectivity index (χ3n) is 1.60. The van der Waals surface area contributed by atoms with Crippen molar-refractivity contribution >= 4 is 28.9 Å². The molecule has 1 aromatic rings. The fraction of sp³-hybridized carbons (Fsp3) is 0.200. The second-order valence-electron chi connectivity index (χ2n) is 2.63. The second kappa shape index (κ2) is 5.89. The molecule has 0 radical (unpaired) electrons. The Hall–Kier alpha value is -0.730. The molecule has 76 valence electrons. The molecule has 0 saturated carbocycles. The molecule has 0 heterocycles. The molecule has 0 aliphatic carbocycles. The van der Waals surface area contributed by atoms with Gasteiger partial charge < -0.3 is 5.32 Å². The normalized spacial score (nSPS) is 10.8. The molecule has 0 spiro atoms. The lowest BCUT2D eigenvalue weighted by Gasteiger charge is -2.04. The first-order chi connectivity index (χ1) is 6.74. The topological polar surface area (TPSA) is 12.0 Å². The molecule has 0 aromatic heterocycles. The predicted octanol–water partition coefficient (Wildman–Crippen LogP) is 3.69. The maximum atomic E-state index is 13.2. The Bertz CT molecular complexity index is 326. The number of nitrogens with one attached hydrogen (secondary N) is 1. The molecule has 0 atom stereocenters. The summed E-state index contributed by atoms with van der Waals surface area (Å²) in [6.45, 7) is 0.547. The average Bonchev–Trinajstić information content (AvgIpc) is 2.15. The molecular weight excluding hydrogens is 224 g/mol. The second-order valence-corrected chi connectivity index (χ2v) is 3.38. The maximum Gasteiger partial charge on any atom is 0.147 e. The van der Waals surface area contributed by atoms with Gasteiger partial charge >= 0.3 is 0 Å². The first-order valence-electron chi connectivity index (χ1n) is 4.14. The van der Waals surface area contributed by atoms with Crippen molar-refractivity contribution in [3.8, 4) is 0 Å². The molecule has 0 unspecified atom stereocenters. The third kappa shape index (κ3) is 3.56. The lowest BCUT2D eigenvalue weighted by molar-refractivity contribution is 0.631. The van der Waals surface area contributed by atoms with Crippen molar-refractivity contribution in [1.82, 2.24) is 0 Å². The molecule has 1 rings (SSSR count). The Balaban J connectivity index is 2.55. The van der Waals surface area contributed by atoms with Crippen LogP contribution in [0.2, 0.25) is 5.02 Å². The van der Waals surface area contributed by atoms with Crippen LogP contribution in [0.25, 0.3) is 0 Å². The van der Waals surface area contributed by atoms with Crippen molar-refractivity contribution < 1.29 is 4.39 Å². The van der Waals surface area contributed by atoms with Gasteiger partial charge in [-0.2, -0.15) is 0 Å². The van der Waals surface area contributed by atoms with Crippen molar-refractivity contribution in [2.75, 3.05) is 17.7 Å². The highest BCUT2D eigenvalue weighted by Crippen LogP contribution is 2.18. The summed E-state index contributed by atoms with van der Waals surface area (Å²) in [5, 5.41) is 3.29. The smallest absolute Gasteiger partial charge is 0.147 e. The van der Waals surface area contributed by atoms with Crippen molar-refractivity contribution in [2.24, 2.45) is 0 Å². The van der Waals surface area contributed by atoms with E-state index in [0.717, 1.165) is 0 Å². The summed E-state index contributed by atoms with van der Waals surface area (Å²) in [5.41, 5.74) is 0.439. The summed E-state index contributed by atoms with van der Waals surface area (Å²) in [5.74, 6) is 0.113. The Kier molecular flexibility index (Phi) is 4.77. The minimum Gasteiger partial charge on any atom is -0.379 e. The van der Waals surface area contributed by atoms with E-state index >= 15 is 0 Å². The Morgan fingerprint density at radius 3 is 2.79 bits per heavy atom. The molecular formula is C10H10Cl2FN. The molecule has 4 heteroatoms. The zero-order valence-corrected chi connectivity index (χ0v) is 8.95. The minimum atomic E-state index is -0.350. The standard InChI is InChI=1S/C10H10Cl2FN/c11-5-1-2-6-14-10-4-3-8(12)7-9(10)13/h1-4,7,14H,5-6H2/b2-1+. The highest BCUT2D eigenvalue weighted by molar-refractivity contribution is 6.30. The van der Waals surface area contributed by atoms with Crippen LogP contribution in [0.4, 0.5) is 10.1 Å². The number of hydrogen-bond donors (Lipinski definition) is 1. The summed E-state index contributed by atoms with van der Waals surface area (Å²) in [6, 6.07) is 4.51. The molecule has 0 aliphatic rings. The van der Waals surface area contributed by atoms with Gasteiger partial charge in [0, 0.05) is 17.4 Å². The van der Waals surface area contributed by atoms with E-state index < -0.39 is 0 Å². The van der Waals surface area contributed by atoms with Crippen LogP contribution in [0.5, 0.6) is 0 Å². The predicted molar refractivity (Wildman–Crippen MR) is 59.8 cm³/mol. The summed E-state index contributed by atoms with van der Waals surface area (Å²) in [7, 11) is 0. The number of benzene rings is 1. The van der Waals surface area contributed by atoms with Crippen LogP contribution in [0.1, 0.15) is 0 Å². The number of alkyl halides is 1. The molecule has 1 N–H and O–H groups in total. The van der Waals surface area contributed by atoms with Crippen LogP contribution >= 0.6 is 23.2 Å². The van der Waals surface area contributed by atoms with Crippen LogP contribution in [-0.4, -0.2) is 12.4 Å². The SMILES string of the molecule is Fc1cc(Cl)ccc1NC/C=C/CCl. The van der Waals surface area contributed by atoms with E-state index in [1.54, 1.807) is 18.2 Å². The molecule has 0 aliphatic heterocycles. The molecule has 0 fully saturated rings. The van der Waals surface area contributed by atoms with Gasteiger partial charge in [-0.15, -0.1) is 11.6 Å². The van der Waals surface area contributed by atoms with Crippen LogP contribution in [0, 0.1) is 5.82 Å². The Morgan fingerprint density at radius 2 is 2.14 bits per heavy atom. The van der Waals surface area contributed by atoms with Gasteiger partial charge in [-0.05, 0) is 18.2 Å². The maximum absolute atomic E-state index is 13.2. The van der Waals surface area contributed by atoms with Gasteiger partial charge in [0.2, 0.25) is 0 Å². The van der Waals surface area contributed by atoms with Gasteiger partial charge in [-0.3, -0.25) is 0 Å². The Labute approximate surface area is 92.5 Å². The zero-order valence-electron chi connectivity index (χ0n) is 7.43. The highest BCUT2D eigenvalue weighted by Gasteiger charge is 2.00. The zero-order chi connectivity index (χ0) is 10.4. The summed E-state index contributed by atoms with van der Waals surface area (Å²) in [6.07, 6.45) is 3.63. The lowest BCUT2D eigenvalue weighted by Crippen LogP contribution is -2.00. The molecule has 0 bridgehead atoms. The highest BCUT2D eigenvalue weighted by atomic mass is 35.5. The monoisotopic (exact) mass is 233 g/mol. The number of anilines is 1. The van der Waals surface area contributed by atoms with Gasteiger partial charge in [0.15, 0.2) is 0 Å². The van der Waals surface area contributed by atoms with Crippen LogP contribution in [-0.2, 0) is 0 Å². The van der Waals surface area contributed by atoms with E-state index in [0.29, 0.717) is 23.1 Å². The fourth-order valence-electron chi connectivity index (χ4n) is 0.948. The largest absolute Gasteiger partial charge is 0.379 e. The molecule has 14 heavy (non-hydrogen) atoms. The number of halogens is 3. The molecule has 0 saturated heterocycles. The first-order valence-corrected chi connectivity index (χ1v) is 5.05. The van der Waals surface area contributed by atoms with Crippen molar-refractivity contribution in [3.63, 3.8) is 0 Å². The average molecular weight is 234 g/mol. The van der Waals surface area contributed by atoms with Crippen LogP contribution in [0.3, 0.4) is 0 Å². The van der Waals surface area contributed by atoms with E-state index in [2.05, 4.69) is 5.32 Å². The molecule has 0 amide bonds. The summed E-state index contributed by atoms with van der Waals surface area (Å²) < 4.78 is 13.2. The quantitative estimate of drug-likeness (QED) is 0.618. The van der Waals surface area contributed by atoms with Gasteiger partial charge in [-0.25, -0.2) is 4.39 Å². The summed E-state index contributed by atoms with van der Waals surface area (Å²) in [4.78, 5) is 0. The van der Waals surface area contributed by atoms with Crippen molar-refractivity contribution in [1.29, 1.82) is 0 Å². The van der Waals surface area contributed by atoms with Crippen LogP contribution < -0.4 is 5.32 Å². The van der Waals surface area contributed by atoms with Crippen LogP contribution in [0.15, 0.2) is 30.4 Å². The number of allylic oxidation sites excluding steroid dienone is 1. The third-order valence-corrected chi connectivity index (χ3v) is 2.01. The minimum absolute atomic E-state index is 0.350. The van der Waals surface area contributed by atoms with E-state index in [4.69, 9.17) is 23.2 Å². The number of rotatable bonds is 4. The Morgan fingerprint density at radius 1 is 1.36 bits per heavy atom. The van der Waals surface area contributed by atoms with Gasteiger partial charge in [-0.1, -0.05) is 23.8 Å². The van der Waals surface area contributed by atoms with E-state index in [1.165, 1.54) is 6.07 Å². The van der Waals surface area contributed by atoms with Gasteiger partial charge in [0.25, 0.3) is 0 Å². The van der Waals surface area contributed by atoms with E-state index in [9.17, 15) is 4.39 Å². The van der Waals surface area contributed by atoms with Gasteiger partial charge in [0.1, 0.15) is 5.82 Å². The van der Waals surface area contributed by atoms with Crippen molar-refractivity contribution in [2.45, 2.75) is 0 Å². The number of hydrogen-bond acceptors (Lipinski definition) is 1. The first kappa shape index (κ1) is 11.3.